The lowest BCUT2D eigenvalue weighted by Gasteiger charge is -2.26. The Kier molecular flexibility index (Phi) is 6.23. The van der Waals surface area contributed by atoms with E-state index in [0.29, 0.717) is 25.4 Å². The van der Waals surface area contributed by atoms with Gasteiger partial charge in [-0.15, -0.1) is 0 Å². The van der Waals surface area contributed by atoms with E-state index in [-0.39, 0.29) is 23.3 Å². The first-order valence-electron chi connectivity index (χ1n) is 10.8. The highest BCUT2D eigenvalue weighted by molar-refractivity contribution is 7.91. The predicted octanol–water partition coefficient (Wildman–Crippen LogP) is 3.06. The van der Waals surface area contributed by atoms with E-state index >= 15 is 0 Å². The number of hydrogen-bond donors (Lipinski definition) is 1. The number of ether oxygens (including phenoxy) is 1. The van der Waals surface area contributed by atoms with E-state index in [2.05, 4.69) is 29.6 Å². The van der Waals surface area contributed by atoms with E-state index in [0.717, 1.165) is 29.8 Å². The van der Waals surface area contributed by atoms with Crippen molar-refractivity contribution < 1.29 is 17.9 Å². The van der Waals surface area contributed by atoms with Crippen LogP contribution < -0.4 is 10.1 Å². The molecular formula is C24H30N2O4S. The quantitative estimate of drug-likeness (QED) is 0.744. The highest BCUT2D eigenvalue weighted by Crippen LogP contribution is 2.28. The molecule has 1 saturated heterocycles. The van der Waals surface area contributed by atoms with E-state index in [9.17, 15) is 13.2 Å². The third-order valence-corrected chi connectivity index (χ3v) is 8.09. The number of nitrogens with one attached hydrogen (secondary N) is 1. The molecule has 4 rings (SSSR count). The second-order valence-corrected chi connectivity index (χ2v) is 11.0. The first-order valence-corrected chi connectivity index (χ1v) is 12.6. The first-order chi connectivity index (χ1) is 14.8. The fraction of sp³-hybridized carbons (Fsp3) is 0.458. The molecule has 7 heteroatoms. The molecule has 0 radical (unpaired) electrons. The van der Waals surface area contributed by atoms with Gasteiger partial charge in [0.2, 0.25) is 5.91 Å². The van der Waals surface area contributed by atoms with Gasteiger partial charge in [-0.25, -0.2) is 8.42 Å². The largest absolute Gasteiger partial charge is 0.497 e. The number of rotatable bonds is 6. The zero-order valence-corrected chi connectivity index (χ0v) is 19.0. The lowest BCUT2D eigenvalue weighted by atomic mass is 10.0. The molecule has 0 bridgehead atoms. The van der Waals surface area contributed by atoms with Crippen molar-refractivity contribution in [3.63, 3.8) is 0 Å². The zero-order valence-electron chi connectivity index (χ0n) is 18.1. The Hall–Kier alpha value is -2.54. The number of anilines is 1. The first kappa shape index (κ1) is 21.7. The summed E-state index contributed by atoms with van der Waals surface area (Å²) in [5.41, 5.74) is 4.83. The van der Waals surface area contributed by atoms with E-state index < -0.39 is 9.84 Å². The van der Waals surface area contributed by atoms with Crippen LogP contribution in [0.25, 0.3) is 0 Å². The van der Waals surface area contributed by atoms with Crippen LogP contribution in [0.5, 0.6) is 5.75 Å². The minimum absolute atomic E-state index is 0.0382. The van der Waals surface area contributed by atoms with Crippen molar-refractivity contribution in [3.05, 3.63) is 59.2 Å². The molecule has 1 amide bonds. The van der Waals surface area contributed by atoms with Crippen molar-refractivity contribution >= 4 is 21.4 Å². The Balaban J connectivity index is 1.30. The van der Waals surface area contributed by atoms with Crippen LogP contribution in [0, 0.1) is 5.92 Å². The molecule has 2 aromatic rings. The number of nitrogens with zero attached hydrogens (tertiary/aromatic N) is 1. The number of benzene rings is 2. The molecule has 0 aromatic heterocycles. The van der Waals surface area contributed by atoms with Gasteiger partial charge < -0.3 is 15.0 Å². The smallest absolute Gasteiger partial charge is 0.225 e. The van der Waals surface area contributed by atoms with E-state index in [4.69, 9.17) is 4.74 Å². The van der Waals surface area contributed by atoms with E-state index in [1.54, 1.807) is 19.1 Å². The number of methoxy groups -OCH3 is 1. The molecular weight excluding hydrogens is 412 g/mol. The number of fused-ring (bicyclic) bond motifs is 1. The van der Waals surface area contributed by atoms with Gasteiger partial charge >= 0.3 is 0 Å². The van der Waals surface area contributed by atoms with Gasteiger partial charge in [-0.1, -0.05) is 18.2 Å². The summed E-state index contributed by atoms with van der Waals surface area (Å²) in [5.74, 6) is 0.996. The molecule has 2 aromatic carbocycles. The summed E-state index contributed by atoms with van der Waals surface area (Å²) in [6.45, 7) is 0.525. The van der Waals surface area contributed by atoms with Gasteiger partial charge in [-0.05, 0) is 66.6 Å². The maximum absolute atomic E-state index is 12.7. The van der Waals surface area contributed by atoms with Crippen LogP contribution in [0.4, 0.5) is 5.69 Å². The van der Waals surface area contributed by atoms with Gasteiger partial charge in [-0.2, -0.15) is 0 Å². The number of sulfone groups is 1. The van der Waals surface area contributed by atoms with Gasteiger partial charge in [0.25, 0.3) is 0 Å². The maximum Gasteiger partial charge on any atom is 0.225 e. The zero-order chi connectivity index (χ0) is 22.0. The molecule has 166 valence electrons. The Morgan fingerprint density at radius 1 is 1.06 bits per heavy atom. The Labute approximate surface area is 184 Å². The molecule has 1 atom stereocenters. The fourth-order valence-corrected chi connectivity index (χ4v) is 6.06. The highest BCUT2D eigenvalue weighted by atomic mass is 32.2. The van der Waals surface area contributed by atoms with Gasteiger partial charge in [-0.3, -0.25) is 4.79 Å². The number of amides is 1. The summed E-state index contributed by atoms with van der Waals surface area (Å²) in [4.78, 5) is 14.4. The summed E-state index contributed by atoms with van der Waals surface area (Å²) in [6, 6.07) is 14.8. The number of carbonyl (C=O) groups excluding carboxylic acids is 1. The minimum atomic E-state index is -2.95. The average Bonchev–Trinajstić information content (AvgIpc) is 3.16. The molecule has 0 spiro atoms. The molecule has 1 aliphatic heterocycles. The van der Waals surface area contributed by atoms with Crippen LogP contribution in [0.2, 0.25) is 0 Å². The summed E-state index contributed by atoms with van der Waals surface area (Å²) in [5, 5.41) is 3.61. The predicted molar refractivity (Wildman–Crippen MR) is 122 cm³/mol. The third kappa shape index (κ3) is 5.21. The van der Waals surface area contributed by atoms with Gasteiger partial charge in [0.1, 0.15) is 15.6 Å². The molecule has 1 fully saturated rings. The van der Waals surface area contributed by atoms with Crippen LogP contribution >= 0.6 is 0 Å². The molecule has 1 N–H and O–H groups in total. The highest BCUT2D eigenvalue weighted by Gasteiger charge is 2.30. The molecule has 1 aliphatic carbocycles. The minimum Gasteiger partial charge on any atom is -0.497 e. The van der Waals surface area contributed by atoms with E-state index in [1.807, 2.05) is 18.2 Å². The van der Waals surface area contributed by atoms with Crippen LogP contribution in [-0.4, -0.2) is 50.9 Å². The van der Waals surface area contributed by atoms with Crippen molar-refractivity contribution in [1.29, 1.82) is 0 Å². The van der Waals surface area contributed by atoms with Crippen LogP contribution in [0.3, 0.4) is 0 Å². The molecule has 1 heterocycles. The standard InChI is InChI=1S/C24H30N2O4S/c1-26(24(27)18-9-11-31(28,29)12-10-18)16-17-3-6-21(7-4-17)25-22-13-19-5-8-23(30-2)15-20(19)14-22/h3-8,15,18,22,25H,9-14,16H2,1-2H3. The Morgan fingerprint density at radius 3 is 2.42 bits per heavy atom. The summed E-state index contributed by atoms with van der Waals surface area (Å²) < 4.78 is 28.5. The average molecular weight is 443 g/mol. The lowest BCUT2D eigenvalue weighted by molar-refractivity contribution is -0.135. The summed E-state index contributed by atoms with van der Waals surface area (Å²) in [7, 11) is 0.533. The topological polar surface area (TPSA) is 75.7 Å². The van der Waals surface area contributed by atoms with Crippen molar-refractivity contribution in [1.82, 2.24) is 4.90 Å². The number of hydrogen-bond acceptors (Lipinski definition) is 5. The monoisotopic (exact) mass is 442 g/mol. The SMILES string of the molecule is COc1ccc2c(c1)CC(Nc1ccc(CN(C)C(=O)C3CCS(=O)(=O)CC3)cc1)C2. The van der Waals surface area contributed by atoms with Gasteiger partial charge in [0, 0.05) is 31.2 Å². The Morgan fingerprint density at radius 2 is 1.74 bits per heavy atom. The van der Waals surface area contributed by atoms with Crippen LogP contribution in [-0.2, 0) is 34.0 Å². The second-order valence-electron chi connectivity index (χ2n) is 8.70. The molecule has 2 aliphatic rings. The van der Waals surface area contributed by atoms with Crippen molar-refractivity contribution in [2.24, 2.45) is 5.92 Å². The molecule has 0 saturated carbocycles. The van der Waals surface area contributed by atoms with Crippen LogP contribution in [0.15, 0.2) is 42.5 Å². The Bertz CT molecular complexity index is 1040. The van der Waals surface area contributed by atoms with Crippen molar-refractivity contribution in [3.8, 4) is 5.75 Å². The van der Waals surface area contributed by atoms with Crippen molar-refractivity contribution in [2.45, 2.75) is 38.3 Å². The van der Waals surface area contributed by atoms with Gasteiger partial charge in [0.15, 0.2) is 0 Å². The third-order valence-electron chi connectivity index (χ3n) is 6.37. The van der Waals surface area contributed by atoms with Gasteiger partial charge in [0.05, 0.1) is 18.6 Å². The molecule has 31 heavy (non-hydrogen) atoms. The molecule has 1 unspecified atom stereocenters. The maximum atomic E-state index is 12.7. The normalized spacial score (nSPS) is 20.1. The fourth-order valence-electron chi connectivity index (χ4n) is 4.57. The lowest BCUT2D eigenvalue weighted by Crippen LogP contribution is -2.37. The second kappa shape index (κ2) is 8.91. The van der Waals surface area contributed by atoms with Crippen LogP contribution in [0.1, 0.15) is 29.5 Å². The summed E-state index contributed by atoms with van der Waals surface area (Å²) in [6.07, 6.45) is 2.84. The van der Waals surface area contributed by atoms with E-state index in [1.165, 1.54) is 11.1 Å². The molecule has 6 nitrogen and oxygen atoms in total. The summed E-state index contributed by atoms with van der Waals surface area (Å²) >= 11 is 0. The number of carbonyl (C=O) groups is 1. The van der Waals surface area contributed by atoms with Crippen molar-refractivity contribution in [2.75, 3.05) is 31.0 Å².